The predicted octanol–water partition coefficient (Wildman–Crippen LogP) is 4.60. The summed E-state index contributed by atoms with van der Waals surface area (Å²) in [7, 11) is 1.55. The minimum absolute atomic E-state index is 0.0174. The maximum atomic E-state index is 13.6. The molecule has 0 radical (unpaired) electrons. The van der Waals surface area contributed by atoms with E-state index in [-0.39, 0.29) is 23.5 Å². The fourth-order valence-electron chi connectivity index (χ4n) is 4.81. The average Bonchev–Trinajstić information content (AvgIpc) is 3.32. The highest BCUT2D eigenvalue weighted by Crippen LogP contribution is 2.37. The lowest BCUT2D eigenvalue weighted by atomic mass is 9.96. The van der Waals surface area contributed by atoms with Crippen molar-refractivity contribution in [2.24, 2.45) is 4.99 Å². The van der Waals surface area contributed by atoms with Crippen molar-refractivity contribution in [2.45, 2.75) is 33.4 Å². The van der Waals surface area contributed by atoms with Crippen LogP contribution in [0.2, 0.25) is 0 Å². The van der Waals surface area contributed by atoms with Gasteiger partial charge in [-0.3, -0.25) is 9.36 Å². The van der Waals surface area contributed by atoms with Gasteiger partial charge in [0, 0.05) is 5.70 Å². The number of methoxy groups -OCH3 is 1. The number of benzene rings is 3. The molecule has 1 atom stereocenters. The first-order chi connectivity index (χ1) is 20.8. The van der Waals surface area contributed by atoms with E-state index in [0.717, 1.165) is 5.56 Å². The lowest BCUT2D eigenvalue weighted by Gasteiger charge is -2.23. The van der Waals surface area contributed by atoms with Gasteiger partial charge in [-0.25, -0.2) is 9.79 Å². The third-order valence-electron chi connectivity index (χ3n) is 6.86. The number of nitrogens with zero attached hydrogens (tertiary/aromatic N) is 2. The molecule has 1 aliphatic heterocycles. The fraction of sp³-hybridized carbons (Fsp3) is 0.242. The maximum absolute atomic E-state index is 13.6. The van der Waals surface area contributed by atoms with Crippen LogP contribution < -0.4 is 29.1 Å². The number of aromatic hydroxyl groups is 1. The van der Waals surface area contributed by atoms with E-state index in [1.807, 2.05) is 43.3 Å². The summed E-state index contributed by atoms with van der Waals surface area (Å²) in [5.41, 5.74) is 2.78. The van der Waals surface area contributed by atoms with Gasteiger partial charge in [-0.05, 0) is 67.8 Å². The van der Waals surface area contributed by atoms with Crippen molar-refractivity contribution in [3.8, 4) is 23.0 Å². The molecule has 0 aliphatic carbocycles. The van der Waals surface area contributed by atoms with Crippen LogP contribution in [0.3, 0.4) is 0 Å². The highest BCUT2D eigenvalue weighted by atomic mass is 32.1. The van der Waals surface area contributed by atoms with Gasteiger partial charge in [0.2, 0.25) is 0 Å². The van der Waals surface area contributed by atoms with E-state index in [2.05, 4.69) is 0 Å². The molecule has 2 heterocycles. The van der Waals surface area contributed by atoms with Gasteiger partial charge in [-0.15, -0.1) is 0 Å². The summed E-state index contributed by atoms with van der Waals surface area (Å²) in [5.74, 6) is 0.836. The second-order valence-corrected chi connectivity index (χ2v) is 10.6. The fourth-order valence-corrected chi connectivity index (χ4v) is 5.85. The monoisotopic (exact) mass is 600 g/mol. The second kappa shape index (κ2) is 13.0. The quantitative estimate of drug-likeness (QED) is 0.265. The Kier molecular flexibility index (Phi) is 8.96. The van der Waals surface area contributed by atoms with Gasteiger partial charge in [-0.1, -0.05) is 53.8 Å². The van der Waals surface area contributed by atoms with Crippen LogP contribution in [0.1, 0.15) is 43.5 Å². The molecule has 0 unspecified atom stereocenters. The summed E-state index contributed by atoms with van der Waals surface area (Å²) in [5, 5.41) is 10.1. The Hall–Kier alpha value is -4.83. The Labute approximate surface area is 252 Å². The summed E-state index contributed by atoms with van der Waals surface area (Å²) < 4.78 is 24.4. The van der Waals surface area contributed by atoms with Crippen molar-refractivity contribution in [1.82, 2.24) is 4.57 Å². The van der Waals surface area contributed by atoms with Crippen molar-refractivity contribution in [3.63, 3.8) is 0 Å². The molecular formula is C33H32N2O7S. The minimum atomic E-state index is -0.736. The number of hydrogen-bond donors (Lipinski definition) is 1. The van der Waals surface area contributed by atoms with Crippen LogP contribution in [0.4, 0.5) is 0 Å². The molecule has 10 heteroatoms. The molecule has 43 heavy (non-hydrogen) atoms. The molecule has 0 saturated heterocycles. The number of phenols is 1. The molecule has 5 rings (SSSR count). The van der Waals surface area contributed by atoms with Gasteiger partial charge in [0.1, 0.15) is 12.6 Å². The first kappa shape index (κ1) is 29.7. The van der Waals surface area contributed by atoms with Gasteiger partial charge < -0.3 is 24.1 Å². The number of hydrogen-bond acceptors (Lipinski definition) is 9. The summed E-state index contributed by atoms with van der Waals surface area (Å²) in [6.07, 6.45) is 1.71. The molecule has 4 aromatic rings. The van der Waals surface area contributed by atoms with Crippen LogP contribution in [-0.2, 0) is 16.1 Å². The van der Waals surface area contributed by atoms with Crippen LogP contribution in [0.25, 0.3) is 11.8 Å². The third kappa shape index (κ3) is 6.19. The maximum Gasteiger partial charge on any atom is 0.338 e. The molecular weight excluding hydrogens is 568 g/mol. The largest absolute Gasteiger partial charge is 0.504 e. The Balaban J connectivity index is 1.58. The van der Waals surface area contributed by atoms with E-state index in [1.54, 1.807) is 51.3 Å². The summed E-state index contributed by atoms with van der Waals surface area (Å²) in [4.78, 5) is 32.2. The number of aromatic nitrogens is 1. The first-order valence-electron chi connectivity index (χ1n) is 13.8. The number of thiazole rings is 1. The smallest absolute Gasteiger partial charge is 0.338 e. The topological polar surface area (TPSA) is 109 Å². The molecule has 0 amide bonds. The first-order valence-corrected chi connectivity index (χ1v) is 14.7. The number of carbonyl (C=O) groups is 1. The number of rotatable bonds is 10. The second-order valence-electron chi connectivity index (χ2n) is 9.63. The molecule has 1 N–H and O–H groups in total. The molecule has 222 valence electrons. The van der Waals surface area contributed by atoms with Crippen LogP contribution >= 0.6 is 11.3 Å². The molecule has 1 aliphatic rings. The highest BCUT2D eigenvalue weighted by molar-refractivity contribution is 7.07. The number of phenolic OH excluding ortho intramolecular Hbond substituents is 1. The lowest BCUT2D eigenvalue weighted by Crippen LogP contribution is -2.35. The normalized spacial score (nSPS) is 14.6. The summed E-state index contributed by atoms with van der Waals surface area (Å²) in [6, 6.07) is 19.4. The van der Waals surface area contributed by atoms with E-state index in [1.165, 1.54) is 22.0 Å². The number of ether oxygens (including phenoxy) is 4. The standard InChI is InChI=1S/C33H32N2O7S/c1-5-40-26-16-22(12-14-24(26)36)17-28-31(37)35-20(3)29(32(38)41-6-2)30(34-33(35)43-28)23-13-15-25(27(18-23)39-4)42-19-21-10-8-7-9-11-21/h7-18,30,36H,5-6,19H2,1-4H3/b28-17-/t30-/m1/s1. The van der Waals surface area contributed by atoms with Crippen LogP contribution in [-0.4, -0.2) is 36.0 Å². The molecule has 3 aromatic carbocycles. The van der Waals surface area contributed by atoms with Gasteiger partial charge in [0.25, 0.3) is 5.56 Å². The minimum Gasteiger partial charge on any atom is -0.504 e. The molecule has 0 saturated carbocycles. The molecule has 0 spiro atoms. The predicted molar refractivity (Wildman–Crippen MR) is 164 cm³/mol. The van der Waals surface area contributed by atoms with Gasteiger partial charge in [0.05, 0.1) is 30.4 Å². The lowest BCUT2D eigenvalue weighted by molar-refractivity contribution is -0.138. The Bertz CT molecular complexity index is 1860. The summed E-state index contributed by atoms with van der Waals surface area (Å²) in [6.45, 7) is 6.20. The van der Waals surface area contributed by atoms with Crippen LogP contribution in [0, 0.1) is 0 Å². The van der Waals surface area contributed by atoms with Crippen molar-refractivity contribution in [2.75, 3.05) is 20.3 Å². The number of esters is 1. The molecule has 0 bridgehead atoms. The van der Waals surface area contributed by atoms with Crippen LogP contribution in [0.15, 0.2) is 82.1 Å². The van der Waals surface area contributed by atoms with E-state index < -0.39 is 12.0 Å². The summed E-state index contributed by atoms with van der Waals surface area (Å²) >= 11 is 1.21. The zero-order valence-electron chi connectivity index (χ0n) is 24.3. The SMILES string of the molecule is CCOC(=O)C1=C(C)n2c(s/c(=C\c3ccc(O)c(OCC)c3)c2=O)=N[C@@H]1c1ccc(OCc2ccccc2)c(OC)c1. The Morgan fingerprint density at radius 1 is 1.00 bits per heavy atom. The number of allylic oxidation sites excluding steroid dienone is 1. The molecule has 0 fully saturated rings. The van der Waals surface area contributed by atoms with E-state index in [9.17, 15) is 14.7 Å². The van der Waals surface area contributed by atoms with Crippen molar-refractivity contribution in [1.29, 1.82) is 0 Å². The van der Waals surface area contributed by atoms with E-state index in [4.69, 9.17) is 23.9 Å². The van der Waals surface area contributed by atoms with Gasteiger partial charge in [0.15, 0.2) is 27.8 Å². The molecule has 9 nitrogen and oxygen atoms in total. The van der Waals surface area contributed by atoms with E-state index in [0.29, 0.717) is 56.6 Å². The van der Waals surface area contributed by atoms with Crippen molar-refractivity contribution < 1.29 is 28.8 Å². The number of fused-ring (bicyclic) bond motifs is 1. The van der Waals surface area contributed by atoms with Crippen LogP contribution in [0.5, 0.6) is 23.0 Å². The van der Waals surface area contributed by atoms with Gasteiger partial charge >= 0.3 is 5.97 Å². The van der Waals surface area contributed by atoms with Crippen molar-refractivity contribution in [3.05, 3.63) is 109 Å². The van der Waals surface area contributed by atoms with Gasteiger partial charge in [-0.2, -0.15) is 0 Å². The molecule has 1 aromatic heterocycles. The Morgan fingerprint density at radius 2 is 1.79 bits per heavy atom. The average molecular weight is 601 g/mol. The third-order valence-corrected chi connectivity index (χ3v) is 7.84. The Morgan fingerprint density at radius 3 is 2.51 bits per heavy atom. The number of carbonyl (C=O) groups excluding carboxylic acids is 1. The van der Waals surface area contributed by atoms with E-state index >= 15 is 0 Å². The highest BCUT2D eigenvalue weighted by Gasteiger charge is 2.32. The van der Waals surface area contributed by atoms with Crippen molar-refractivity contribution >= 4 is 29.1 Å². The zero-order valence-corrected chi connectivity index (χ0v) is 25.1. The zero-order chi connectivity index (χ0) is 30.5.